The molecule has 0 radical (unpaired) electrons. The first-order valence-electron chi connectivity index (χ1n) is 4.29. The lowest BCUT2D eigenvalue weighted by Crippen LogP contribution is -2.11. The summed E-state index contributed by atoms with van der Waals surface area (Å²) in [5.41, 5.74) is 3.79. The van der Waals surface area contributed by atoms with Crippen molar-refractivity contribution in [3.63, 3.8) is 0 Å². The number of nitrogens with zero attached hydrogens (tertiary/aromatic N) is 2. The third kappa shape index (κ3) is 1.68. The second kappa shape index (κ2) is 3.64. The minimum atomic E-state index is -0.166. The fourth-order valence-corrected chi connectivity index (χ4v) is 1.94. The van der Waals surface area contributed by atoms with Crippen LogP contribution in [0.5, 0.6) is 0 Å². The van der Waals surface area contributed by atoms with Crippen LogP contribution in [0.1, 0.15) is 6.92 Å². The van der Waals surface area contributed by atoms with Gasteiger partial charge in [0.1, 0.15) is 6.04 Å². The van der Waals surface area contributed by atoms with Gasteiger partial charge in [-0.25, -0.2) is 4.98 Å². The van der Waals surface area contributed by atoms with Gasteiger partial charge in [0.15, 0.2) is 0 Å². The number of hydrogen-bond acceptors (Lipinski definition) is 4. The Bertz CT molecular complexity index is 483. The van der Waals surface area contributed by atoms with Crippen LogP contribution < -0.4 is 5.32 Å². The average molecular weight is 203 g/mol. The van der Waals surface area contributed by atoms with E-state index in [4.69, 9.17) is 5.26 Å². The molecular weight excluding hydrogens is 194 g/mol. The topological polar surface area (TPSA) is 48.7 Å². The molecule has 70 valence electrons. The molecule has 0 saturated heterocycles. The number of thiazole rings is 1. The van der Waals surface area contributed by atoms with E-state index in [2.05, 4.69) is 16.4 Å². The van der Waals surface area contributed by atoms with Crippen LogP contribution >= 0.6 is 11.3 Å². The van der Waals surface area contributed by atoms with E-state index < -0.39 is 0 Å². The van der Waals surface area contributed by atoms with E-state index in [-0.39, 0.29) is 6.04 Å². The van der Waals surface area contributed by atoms with E-state index in [9.17, 15) is 0 Å². The number of nitriles is 1. The van der Waals surface area contributed by atoms with Crippen LogP contribution in [0.2, 0.25) is 0 Å². The summed E-state index contributed by atoms with van der Waals surface area (Å²) < 4.78 is 1.14. The Balaban J connectivity index is 2.31. The third-order valence-electron chi connectivity index (χ3n) is 1.91. The zero-order chi connectivity index (χ0) is 9.97. The highest BCUT2D eigenvalue weighted by Crippen LogP contribution is 2.21. The number of fused-ring (bicyclic) bond motifs is 1. The first-order chi connectivity index (χ1) is 6.79. The summed E-state index contributed by atoms with van der Waals surface area (Å²) in [7, 11) is 0. The maximum Gasteiger partial charge on any atom is 0.111 e. The van der Waals surface area contributed by atoms with Crippen LogP contribution in [-0.4, -0.2) is 11.0 Å². The van der Waals surface area contributed by atoms with E-state index in [1.54, 1.807) is 11.3 Å². The molecule has 0 aliphatic carbocycles. The molecule has 0 aliphatic heterocycles. The van der Waals surface area contributed by atoms with Crippen molar-refractivity contribution in [1.29, 1.82) is 5.26 Å². The molecule has 1 N–H and O–H groups in total. The van der Waals surface area contributed by atoms with E-state index in [0.717, 1.165) is 15.9 Å². The molecule has 1 aromatic carbocycles. The predicted molar refractivity (Wildman–Crippen MR) is 58.3 cm³/mol. The van der Waals surface area contributed by atoms with Gasteiger partial charge in [-0.3, -0.25) is 0 Å². The summed E-state index contributed by atoms with van der Waals surface area (Å²) in [6.07, 6.45) is 0. The normalized spacial score (nSPS) is 12.3. The van der Waals surface area contributed by atoms with Gasteiger partial charge >= 0.3 is 0 Å². The molecule has 1 unspecified atom stereocenters. The number of nitrogens with one attached hydrogen (secondary N) is 1. The number of benzene rings is 1. The summed E-state index contributed by atoms with van der Waals surface area (Å²) in [5, 5.41) is 11.7. The second-order valence-electron chi connectivity index (χ2n) is 3.03. The molecule has 1 atom stereocenters. The number of aromatic nitrogens is 1. The molecule has 1 aromatic heterocycles. The maximum absolute atomic E-state index is 8.65. The van der Waals surface area contributed by atoms with Crippen molar-refractivity contribution in [1.82, 2.24) is 4.98 Å². The van der Waals surface area contributed by atoms with Crippen LogP contribution in [0.15, 0.2) is 23.7 Å². The van der Waals surface area contributed by atoms with Gasteiger partial charge in [0.05, 0.1) is 21.8 Å². The van der Waals surface area contributed by atoms with Crippen molar-refractivity contribution < 1.29 is 0 Å². The Labute approximate surface area is 86.0 Å². The summed E-state index contributed by atoms with van der Waals surface area (Å²) >= 11 is 1.60. The van der Waals surface area contributed by atoms with Crippen molar-refractivity contribution in [3.8, 4) is 6.07 Å². The van der Waals surface area contributed by atoms with Gasteiger partial charge in [-0.2, -0.15) is 5.26 Å². The fraction of sp³-hybridized carbons (Fsp3) is 0.200. The van der Waals surface area contributed by atoms with Gasteiger partial charge in [0.2, 0.25) is 0 Å². The molecular formula is C10H9N3S. The van der Waals surface area contributed by atoms with Crippen LogP contribution in [-0.2, 0) is 0 Å². The van der Waals surface area contributed by atoms with E-state index >= 15 is 0 Å². The average Bonchev–Trinajstić information content (AvgIpc) is 2.64. The lowest BCUT2D eigenvalue weighted by Gasteiger charge is -2.06. The molecule has 3 nitrogen and oxygen atoms in total. The summed E-state index contributed by atoms with van der Waals surface area (Å²) in [6.45, 7) is 1.83. The highest BCUT2D eigenvalue weighted by atomic mass is 32.1. The number of rotatable bonds is 2. The molecule has 14 heavy (non-hydrogen) atoms. The Morgan fingerprint density at radius 3 is 3.21 bits per heavy atom. The largest absolute Gasteiger partial charge is 0.370 e. The molecule has 0 fully saturated rings. The highest BCUT2D eigenvalue weighted by molar-refractivity contribution is 7.16. The van der Waals surface area contributed by atoms with E-state index in [1.807, 2.05) is 30.6 Å². The van der Waals surface area contributed by atoms with Crippen molar-refractivity contribution in [2.24, 2.45) is 0 Å². The van der Waals surface area contributed by atoms with Gasteiger partial charge in [-0.15, -0.1) is 11.3 Å². The van der Waals surface area contributed by atoms with Gasteiger partial charge in [0, 0.05) is 5.69 Å². The second-order valence-corrected chi connectivity index (χ2v) is 3.92. The molecule has 0 saturated carbocycles. The van der Waals surface area contributed by atoms with Gasteiger partial charge in [0.25, 0.3) is 0 Å². The summed E-state index contributed by atoms with van der Waals surface area (Å²) in [4.78, 5) is 4.18. The molecule has 2 rings (SSSR count). The van der Waals surface area contributed by atoms with Gasteiger partial charge in [-0.05, 0) is 25.1 Å². The number of hydrogen-bond donors (Lipinski definition) is 1. The van der Waals surface area contributed by atoms with Crippen molar-refractivity contribution in [3.05, 3.63) is 23.7 Å². The lowest BCUT2D eigenvalue weighted by atomic mass is 10.2. The van der Waals surface area contributed by atoms with E-state index in [0.29, 0.717) is 0 Å². The monoisotopic (exact) mass is 203 g/mol. The zero-order valence-electron chi connectivity index (χ0n) is 7.69. The lowest BCUT2D eigenvalue weighted by molar-refractivity contribution is 1.01. The molecule has 0 amide bonds. The molecule has 4 heteroatoms. The summed E-state index contributed by atoms with van der Waals surface area (Å²) in [5.74, 6) is 0. The summed E-state index contributed by atoms with van der Waals surface area (Å²) in [6, 6.07) is 7.88. The Kier molecular flexibility index (Phi) is 2.33. The first-order valence-corrected chi connectivity index (χ1v) is 5.17. The standard InChI is InChI=1S/C10H9N3S/c1-7(5-11)13-8-2-3-9-10(4-8)14-6-12-9/h2-4,6-7,13H,1H3. The van der Waals surface area contributed by atoms with Crippen LogP contribution in [0, 0.1) is 11.3 Å². The van der Waals surface area contributed by atoms with Crippen molar-refractivity contribution in [2.75, 3.05) is 5.32 Å². The van der Waals surface area contributed by atoms with Gasteiger partial charge < -0.3 is 5.32 Å². The Morgan fingerprint density at radius 2 is 2.43 bits per heavy atom. The SMILES string of the molecule is CC(C#N)Nc1ccc2ncsc2c1. The Morgan fingerprint density at radius 1 is 1.57 bits per heavy atom. The molecule has 2 aromatic rings. The first kappa shape index (κ1) is 8.97. The molecule has 0 aliphatic rings. The molecule has 1 heterocycles. The minimum absolute atomic E-state index is 0.166. The minimum Gasteiger partial charge on any atom is -0.370 e. The quantitative estimate of drug-likeness (QED) is 0.816. The van der Waals surface area contributed by atoms with E-state index in [1.165, 1.54) is 0 Å². The zero-order valence-corrected chi connectivity index (χ0v) is 8.51. The van der Waals surface area contributed by atoms with Crippen LogP contribution in [0.3, 0.4) is 0 Å². The highest BCUT2D eigenvalue weighted by Gasteiger charge is 2.01. The fourth-order valence-electron chi connectivity index (χ4n) is 1.23. The smallest absolute Gasteiger partial charge is 0.111 e. The van der Waals surface area contributed by atoms with Crippen molar-refractivity contribution in [2.45, 2.75) is 13.0 Å². The number of anilines is 1. The molecule has 0 spiro atoms. The van der Waals surface area contributed by atoms with Crippen LogP contribution in [0.25, 0.3) is 10.2 Å². The van der Waals surface area contributed by atoms with Gasteiger partial charge in [-0.1, -0.05) is 0 Å². The Hall–Kier alpha value is -1.60. The van der Waals surface area contributed by atoms with Crippen LogP contribution in [0.4, 0.5) is 5.69 Å². The third-order valence-corrected chi connectivity index (χ3v) is 2.70. The predicted octanol–water partition coefficient (Wildman–Crippen LogP) is 2.62. The maximum atomic E-state index is 8.65. The van der Waals surface area contributed by atoms with Crippen molar-refractivity contribution >= 4 is 27.2 Å². The molecule has 0 bridgehead atoms.